The zero-order chi connectivity index (χ0) is 16.4. The van der Waals surface area contributed by atoms with Gasteiger partial charge in [0.1, 0.15) is 10.6 Å². The molecule has 0 aliphatic carbocycles. The summed E-state index contributed by atoms with van der Waals surface area (Å²) in [6.07, 6.45) is 1.39. The molecule has 1 aromatic heterocycles. The van der Waals surface area contributed by atoms with Crippen LogP contribution in [0.15, 0.2) is 17.2 Å². The molecule has 1 aromatic rings. The minimum atomic E-state index is -3.58. The maximum absolute atomic E-state index is 12.6. The lowest BCUT2D eigenvalue weighted by atomic mass is 10.2. The Morgan fingerprint density at radius 2 is 2.00 bits per heavy atom. The number of aromatic amines is 1. The van der Waals surface area contributed by atoms with Crippen LogP contribution in [-0.4, -0.2) is 80.5 Å². The molecule has 0 spiro atoms. The number of nitrogens with one attached hydrogen (secondary N) is 2. The van der Waals surface area contributed by atoms with E-state index in [9.17, 15) is 13.2 Å². The fourth-order valence-electron chi connectivity index (χ4n) is 2.88. The molecule has 0 aromatic carbocycles. The van der Waals surface area contributed by atoms with Crippen molar-refractivity contribution in [2.75, 3.05) is 45.9 Å². The van der Waals surface area contributed by atoms with Crippen molar-refractivity contribution in [1.29, 1.82) is 0 Å². The molecule has 3 heterocycles. The molecule has 3 rings (SSSR count). The van der Waals surface area contributed by atoms with Crippen LogP contribution in [0.1, 0.15) is 17.4 Å². The molecular weight excluding hydrogens is 356 g/mol. The molecule has 2 N–H and O–H groups in total. The second-order valence-electron chi connectivity index (χ2n) is 5.82. The number of amides is 1. The predicted octanol–water partition coefficient (Wildman–Crippen LogP) is -0.109. The van der Waals surface area contributed by atoms with Crippen LogP contribution in [0.5, 0.6) is 0 Å². The number of carbonyl (C=O) groups is 1. The van der Waals surface area contributed by atoms with Crippen LogP contribution in [0.2, 0.25) is 0 Å². The largest absolute Gasteiger partial charge is 0.379 e. The van der Waals surface area contributed by atoms with Crippen LogP contribution >= 0.6 is 12.4 Å². The number of aromatic nitrogens is 1. The molecule has 2 saturated heterocycles. The van der Waals surface area contributed by atoms with Gasteiger partial charge in [0.2, 0.25) is 10.0 Å². The van der Waals surface area contributed by atoms with E-state index in [2.05, 4.69) is 10.3 Å². The van der Waals surface area contributed by atoms with Gasteiger partial charge in [0.05, 0.1) is 13.2 Å². The highest BCUT2D eigenvalue weighted by molar-refractivity contribution is 7.89. The third-order valence-corrected chi connectivity index (χ3v) is 6.13. The van der Waals surface area contributed by atoms with E-state index in [4.69, 9.17) is 4.74 Å². The highest BCUT2D eigenvalue weighted by Gasteiger charge is 2.30. The molecule has 136 valence electrons. The van der Waals surface area contributed by atoms with E-state index in [0.29, 0.717) is 38.5 Å². The molecule has 0 unspecified atom stereocenters. The zero-order valence-corrected chi connectivity index (χ0v) is 15.2. The van der Waals surface area contributed by atoms with E-state index in [1.54, 1.807) is 4.90 Å². The van der Waals surface area contributed by atoms with Gasteiger partial charge in [0.25, 0.3) is 5.91 Å². The maximum atomic E-state index is 12.6. The summed E-state index contributed by atoms with van der Waals surface area (Å²) >= 11 is 0. The fraction of sp³-hybridized carbons (Fsp3) is 0.643. The summed E-state index contributed by atoms with van der Waals surface area (Å²) in [5.41, 5.74) is 0.311. The molecule has 1 amide bonds. The van der Waals surface area contributed by atoms with Crippen molar-refractivity contribution >= 4 is 28.3 Å². The van der Waals surface area contributed by atoms with Crippen molar-refractivity contribution in [2.24, 2.45) is 0 Å². The van der Waals surface area contributed by atoms with E-state index in [1.807, 2.05) is 6.92 Å². The number of hydrogen-bond donors (Lipinski definition) is 2. The summed E-state index contributed by atoms with van der Waals surface area (Å²) in [6.45, 7) is 5.54. The SMILES string of the molecule is C[C@@H]1CNCCN1C(=O)c1cc(S(=O)(=O)N2CCOCC2)c[nH]1.Cl. The normalized spacial score (nSPS) is 22.9. The Hall–Kier alpha value is -1.13. The maximum Gasteiger partial charge on any atom is 0.270 e. The molecule has 0 radical (unpaired) electrons. The third-order valence-electron chi connectivity index (χ3n) is 4.26. The minimum absolute atomic E-state index is 0. The summed E-state index contributed by atoms with van der Waals surface area (Å²) < 4.78 is 31.7. The molecule has 2 aliphatic rings. The van der Waals surface area contributed by atoms with E-state index in [-0.39, 0.29) is 29.3 Å². The first-order chi connectivity index (χ1) is 11.0. The molecule has 10 heteroatoms. The van der Waals surface area contributed by atoms with Gasteiger partial charge in [-0.05, 0) is 13.0 Å². The van der Waals surface area contributed by atoms with E-state index < -0.39 is 10.0 Å². The number of piperazine rings is 1. The van der Waals surface area contributed by atoms with Gasteiger partial charge in [-0.3, -0.25) is 4.79 Å². The number of H-pyrrole nitrogens is 1. The van der Waals surface area contributed by atoms with Gasteiger partial charge in [-0.1, -0.05) is 0 Å². The van der Waals surface area contributed by atoms with Gasteiger partial charge < -0.3 is 19.9 Å². The summed E-state index contributed by atoms with van der Waals surface area (Å²) in [4.78, 5) is 17.3. The van der Waals surface area contributed by atoms with Crippen molar-refractivity contribution in [2.45, 2.75) is 17.9 Å². The number of nitrogens with zero attached hydrogens (tertiary/aromatic N) is 2. The lowest BCUT2D eigenvalue weighted by Gasteiger charge is -2.33. The minimum Gasteiger partial charge on any atom is -0.379 e. The van der Waals surface area contributed by atoms with Gasteiger partial charge in [-0.15, -0.1) is 12.4 Å². The highest BCUT2D eigenvalue weighted by atomic mass is 35.5. The molecule has 1 atom stereocenters. The Bertz CT molecular complexity index is 672. The Morgan fingerprint density at radius 1 is 1.29 bits per heavy atom. The molecule has 24 heavy (non-hydrogen) atoms. The topological polar surface area (TPSA) is 94.7 Å². The quantitative estimate of drug-likeness (QED) is 0.765. The van der Waals surface area contributed by atoms with Crippen LogP contribution in [0.25, 0.3) is 0 Å². The van der Waals surface area contributed by atoms with E-state index >= 15 is 0 Å². The molecule has 2 fully saturated rings. The van der Waals surface area contributed by atoms with Crippen molar-refractivity contribution in [1.82, 2.24) is 19.5 Å². The Balaban J connectivity index is 0.00000208. The average Bonchev–Trinajstić information content (AvgIpc) is 3.06. The monoisotopic (exact) mass is 378 g/mol. The zero-order valence-electron chi connectivity index (χ0n) is 13.5. The van der Waals surface area contributed by atoms with E-state index in [1.165, 1.54) is 16.6 Å². The van der Waals surface area contributed by atoms with Gasteiger partial charge in [-0.2, -0.15) is 4.31 Å². The van der Waals surface area contributed by atoms with Gasteiger partial charge in [0, 0.05) is 45.0 Å². The third kappa shape index (κ3) is 3.75. The molecule has 0 bridgehead atoms. The van der Waals surface area contributed by atoms with Gasteiger partial charge in [0.15, 0.2) is 0 Å². The second kappa shape index (κ2) is 7.83. The Morgan fingerprint density at radius 3 is 2.67 bits per heavy atom. The highest BCUT2D eigenvalue weighted by Crippen LogP contribution is 2.19. The lowest BCUT2D eigenvalue weighted by Crippen LogP contribution is -2.52. The Kier molecular flexibility index (Phi) is 6.27. The predicted molar refractivity (Wildman–Crippen MR) is 91.0 cm³/mol. The first-order valence-electron chi connectivity index (χ1n) is 7.78. The van der Waals surface area contributed by atoms with Crippen LogP contribution < -0.4 is 5.32 Å². The number of hydrogen-bond acceptors (Lipinski definition) is 5. The van der Waals surface area contributed by atoms with E-state index in [0.717, 1.165) is 13.1 Å². The smallest absolute Gasteiger partial charge is 0.270 e. The second-order valence-corrected chi connectivity index (χ2v) is 7.76. The van der Waals surface area contributed by atoms with Crippen molar-refractivity contribution < 1.29 is 17.9 Å². The van der Waals surface area contributed by atoms with Crippen LogP contribution in [0.3, 0.4) is 0 Å². The number of ether oxygens (including phenoxy) is 1. The van der Waals surface area contributed by atoms with Crippen LogP contribution in [-0.2, 0) is 14.8 Å². The lowest BCUT2D eigenvalue weighted by molar-refractivity contribution is 0.0650. The molecule has 2 aliphatic heterocycles. The fourth-order valence-corrected chi connectivity index (χ4v) is 4.28. The summed E-state index contributed by atoms with van der Waals surface area (Å²) in [6, 6.07) is 1.51. The van der Waals surface area contributed by atoms with Gasteiger partial charge >= 0.3 is 0 Å². The first-order valence-corrected chi connectivity index (χ1v) is 9.22. The standard InChI is InChI=1S/C14H22N4O4S.ClH/c1-11-9-15-2-3-18(11)14(19)13-8-12(10-16-13)23(20,21)17-4-6-22-7-5-17;/h8,10-11,15-16H,2-7,9H2,1H3;1H/t11-;/m1./s1. The molecular formula is C14H23ClN4O4S. The van der Waals surface area contributed by atoms with Gasteiger partial charge in [-0.25, -0.2) is 8.42 Å². The number of morpholine rings is 1. The van der Waals surface area contributed by atoms with Crippen molar-refractivity contribution in [3.63, 3.8) is 0 Å². The number of sulfonamides is 1. The van der Waals surface area contributed by atoms with Crippen molar-refractivity contribution in [3.05, 3.63) is 18.0 Å². The number of rotatable bonds is 3. The number of halogens is 1. The molecule has 8 nitrogen and oxygen atoms in total. The average molecular weight is 379 g/mol. The first kappa shape index (κ1) is 19.2. The number of carbonyl (C=O) groups excluding carboxylic acids is 1. The Labute approximate surface area is 148 Å². The van der Waals surface area contributed by atoms with Crippen LogP contribution in [0.4, 0.5) is 0 Å². The molecule has 0 saturated carbocycles. The summed E-state index contributed by atoms with van der Waals surface area (Å²) in [5.74, 6) is -0.164. The van der Waals surface area contributed by atoms with Crippen molar-refractivity contribution in [3.8, 4) is 0 Å². The van der Waals surface area contributed by atoms with Crippen LogP contribution in [0, 0.1) is 0 Å². The summed E-state index contributed by atoms with van der Waals surface area (Å²) in [7, 11) is -3.58. The summed E-state index contributed by atoms with van der Waals surface area (Å²) in [5, 5.41) is 3.22.